The quantitative estimate of drug-likeness (QED) is 0.697. The van der Waals surface area contributed by atoms with Gasteiger partial charge in [0.05, 0.1) is 16.5 Å². The largest absolute Gasteiger partial charge is 0.339 e. The third kappa shape index (κ3) is 5.45. The number of carbonyl (C=O) groups is 1. The number of nitrogens with zero attached hydrogens (tertiary/aromatic N) is 3. The maximum Gasteiger partial charge on any atom is 0.233 e. The van der Waals surface area contributed by atoms with Crippen LogP contribution in [0.25, 0.3) is 0 Å². The van der Waals surface area contributed by atoms with Crippen LogP contribution in [-0.2, 0) is 17.8 Å². The molecule has 1 aliphatic rings. The summed E-state index contributed by atoms with van der Waals surface area (Å²) in [5, 5.41) is 4.07. The summed E-state index contributed by atoms with van der Waals surface area (Å²) in [4.78, 5) is 22.5. The van der Waals surface area contributed by atoms with Crippen LogP contribution in [0.2, 0.25) is 5.02 Å². The Hall–Kier alpha value is -1.08. The Labute approximate surface area is 162 Å². The number of thiazole rings is 1. The number of hydrogen-bond donors (Lipinski definition) is 0. The Bertz CT molecular complexity index is 697. The van der Waals surface area contributed by atoms with Crippen LogP contribution in [0.5, 0.6) is 0 Å². The molecule has 25 heavy (non-hydrogen) atoms. The van der Waals surface area contributed by atoms with Crippen molar-refractivity contribution < 1.29 is 4.79 Å². The van der Waals surface area contributed by atoms with Crippen molar-refractivity contribution in [3.05, 3.63) is 45.4 Å². The Morgan fingerprint density at radius 2 is 1.96 bits per heavy atom. The van der Waals surface area contributed by atoms with E-state index in [0.29, 0.717) is 5.75 Å². The normalized spacial score (nSPS) is 15.5. The molecule has 1 amide bonds. The Morgan fingerprint density at radius 3 is 2.60 bits per heavy atom. The van der Waals surface area contributed by atoms with Crippen molar-refractivity contribution in [2.24, 2.45) is 0 Å². The number of aromatic nitrogens is 1. The molecule has 0 spiro atoms. The van der Waals surface area contributed by atoms with E-state index in [4.69, 9.17) is 11.6 Å². The van der Waals surface area contributed by atoms with Gasteiger partial charge in [-0.05, 0) is 30.7 Å². The van der Waals surface area contributed by atoms with Crippen LogP contribution in [0, 0.1) is 0 Å². The number of amides is 1. The highest BCUT2D eigenvalue weighted by atomic mass is 35.5. The van der Waals surface area contributed by atoms with Gasteiger partial charge in [-0.25, -0.2) is 4.98 Å². The number of benzene rings is 1. The van der Waals surface area contributed by atoms with Crippen LogP contribution in [-0.4, -0.2) is 52.6 Å². The van der Waals surface area contributed by atoms with E-state index in [2.05, 4.69) is 22.2 Å². The third-order valence-corrected chi connectivity index (χ3v) is 6.48. The summed E-state index contributed by atoms with van der Waals surface area (Å²) >= 11 is 9.19. The fourth-order valence-electron chi connectivity index (χ4n) is 2.74. The highest BCUT2D eigenvalue weighted by Gasteiger charge is 2.21. The molecular weight excluding hydrogens is 374 g/mol. The fourth-order valence-corrected chi connectivity index (χ4v) is 4.40. The number of halogens is 1. The molecule has 0 unspecified atom stereocenters. The van der Waals surface area contributed by atoms with Gasteiger partial charge in [0.25, 0.3) is 0 Å². The van der Waals surface area contributed by atoms with Crippen molar-refractivity contribution in [3.8, 4) is 0 Å². The predicted octanol–water partition coefficient (Wildman–Crippen LogP) is 3.80. The van der Waals surface area contributed by atoms with Gasteiger partial charge in [0.1, 0.15) is 0 Å². The van der Waals surface area contributed by atoms with Crippen molar-refractivity contribution >= 4 is 40.6 Å². The number of rotatable bonds is 6. The van der Waals surface area contributed by atoms with Gasteiger partial charge in [0.15, 0.2) is 0 Å². The van der Waals surface area contributed by atoms with Gasteiger partial charge < -0.3 is 4.90 Å². The van der Waals surface area contributed by atoms with E-state index in [-0.39, 0.29) is 5.91 Å². The first-order valence-electron chi connectivity index (χ1n) is 8.46. The molecule has 1 aromatic carbocycles. The number of aryl methyl sites for hydroxylation is 1. The van der Waals surface area contributed by atoms with E-state index < -0.39 is 0 Å². The molecule has 0 aliphatic carbocycles. The zero-order valence-electron chi connectivity index (χ0n) is 14.3. The molecule has 4 nitrogen and oxygen atoms in total. The summed E-state index contributed by atoms with van der Waals surface area (Å²) in [5.74, 6) is 0.689. The smallest absolute Gasteiger partial charge is 0.233 e. The van der Waals surface area contributed by atoms with E-state index in [1.54, 1.807) is 23.1 Å². The van der Waals surface area contributed by atoms with E-state index in [1.807, 2.05) is 29.2 Å². The highest BCUT2D eigenvalue weighted by Crippen LogP contribution is 2.21. The minimum absolute atomic E-state index is 0.210. The molecule has 0 atom stereocenters. The van der Waals surface area contributed by atoms with Crippen molar-refractivity contribution in [2.75, 3.05) is 31.9 Å². The summed E-state index contributed by atoms with van der Waals surface area (Å²) in [6, 6.07) is 7.62. The minimum Gasteiger partial charge on any atom is -0.339 e. The lowest BCUT2D eigenvalue weighted by atomic mass is 10.3. The lowest BCUT2D eigenvalue weighted by Gasteiger charge is -2.34. The van der Waals surface area contributed by atoms with Crippen LogP contribution in [0.15, 0.2) is 34.5 Å². The van der Waals surface area contributed by atoms with Crippen LogP contribution >= 0.6 is 34.7 Å². The molecule has 134 valence electrons. The Balaban J connectivity index is 1.41. The summed E-state index contributed by atoms with van der Waals surface area (Å²) in [6.07, 6.45) is 0.998. The average molecular weight is 396 g/mol. The van der Waals surface area contributed by atoms with Gasteiger partial charge in [-0.3, -0.25) is 9.69 Å². The monoisotopic (exact) mass is 395 g/mol. The molecule has 0 bridgehead atoms. The van der Waals surface area contributed by atoms with E-state index in [0.717, 1.165) is 54.8 Å². The molecule has 1 aromatic heterocycles. The van der Waals surface area contributed by atoms with Gasteiger partial charge in [-0.2, -0.15) is 0 Å². The Morgan fingerprint density at radius 1 is 1.24 bits per heavy atom. The molecule has 1 fully saturated rings. The SMILES string of the molecule is CCc1nc(CN2CCN(C(=O)CSc3ccc(Cl)cc3)CC2)cs1. The maximum absolute atomic E-state index is 12.4. The second-order valence-corrected chi connectivity index (χ2v) is 8.41. The lowest BCUT2D eigenvalue weighted by molar-refractivity contribution is -0.130. The third-order valence-electron chi connectivity index (χ3n) is 4.19. The van der Waals surface area contributed by atoms with Crippen molar-refractivity contribution in [3.63, 3.8) is 0 Å². The molecule has 0 radical (unpaired) electrons. The highest BCUT2D eigenvalue weighted by molar-refractivity contribution is 8.00. The minimum atomic E-state index is 0.210. The lowest BCUT2D eigenvalue weighted by Crippen LogP contribution is -2.48. The van der Waals surface area contributed by atoms with Gasteiger partial charge in [-0.15, -0.1) is 23.1 Å². The standard InChI is InChI=1S/C18H22ClN3OS2/c1-2-17-20-15(12-25-17)11-21-7-9-22(10-8-21)18(23)13-24-16-5-3-14(19)4-6-16/h3-6,12H,2,7-11,13H2,1H3. The summed E-state index contributed by atoms with van der Waals surface area (Å²) < 4.78 is 0. The topological polar surface area (TPSA) is 36.4 Å². The van der Waals surface area contributed by atoms with Crippen LogP contribution in [0.3, 0.4) is 0 Å². The molecular formula is C18H22ClN3OS2. The fraction of sp³-hybridized carbons (Fsp3) is 0.444. The number of piperazine rings is 1. The number of hydrogen-bond acceptors (Lipinski definition) is 5. The zero-order chi connectivity index (χ0) is 17.6. The molecule has 0 N–H and O–H groups in total. The average Bonchev–Trinajstić information content (AvgIpc) is 3.09. The molecule has 2 heterocycles. The second kappa shape index (κ2) is 9.03. The van der Waals surface area contributed by atoms with Crippen molar-refractivity contribution in [2.45, 2.75) is 24.8 Å². The molecule has 1 saturated heterocycles. The zero-order valence-corrected chi connectivity index (χ0v) is 16.7. The molecule has 2 aromatic rings. The summed E-state index contributed by atoms with van der Waals surface area (Å²) in [5.41, 5.74) is 1.15. The molecule has 3 rings (SSSR count). The van der Waals surface area contributed by atoms with Gasteiger partial charge in [-0.1, -0.05) is 18.5 Å². The van der Waals surface area contributed by atoms with Gasteiger partial charge in [0.2, 0.25) is 5.91 Å². The number of carbonyl (C=O) groups excluding carboxylic acids is 1. The van der Waals surface area contributed by atoms with E-state index in [1.165, 1.54) is 5.01 Å². The van der Waals surface area contributed by atoms with Crippen LogP contribution in [0.1, 0.15) is 17.6 Å². The predicted molar refractivity (Wildman–Crippen MR) is 106 cm³/mol. The number of thioether (sulfide) groups is 1. The Kier molecular flexibility index (Phi) is 6.76. The summed E-state index contributed by atoms with van der Waals surface area (Å²) in [7, 11) is 0. The van der Waals surface area contributed by atoms with Crippen molar-refractivity contribution in [1.29, 1.82) is 0 Å². The molecule has 1 aliphatic heterocycles. The first kappa shape index (κ1) is 18.7. The molecule has 0 saturated carbocycles. The maximum atomic E-state index is 12.4. The van der Waals surface area contributed by atoms with E-state index in [9.17, 15) is 4.79 Å². The van der Waals surface area contributed by atoms with E-state index >= 15 is 0 Å². The first-order chi connectivity index (χ1) is 12.1. The van der Waals surface area contributed by atoms with Gasteiger partial charge in [0, 0.05) is 48.0 Å². The van der Waals surface area contributed by atoms with Crippen LogP contribution in [0.4, 0.5) is 0 Å². The summed E-state index contributed by atoms with van der Waals surface area (Å²) in [6.45, 7) is 6.44. The second-order valence-electron chi connectivity index (χ2n) is 5.99. The van der Waals surface area contributed by atoms with Gasteiger partial charge >= 0.3 is 0 Å². The van der Waals surface area contributed by atoms with Crippen molar-refractivity contribution in [1.82, 2.24) is 14.8 Å². The van der Waals surface area contributed by atoms with Crippen LogP contribution < -0.4 is 0 Å². The first-order valence-corrected chi connectivity index (χ1v) is 10.7. The molecule has 7 heteroatoms.